The molecule has 1 atom stereocenters. The molecule has 11 heteroatoms. The van der Waals surface area contributed by atoms with E-state index in [1.165, 1.54) is 23.5 Å². The van der Waals surface area contributed by atoms with Gasteiger partial charge in [-0.1, -0.05) is 13.3 Å². The number of hydroxylamine groups is 1. The average Bonchev–Trinajstić information content (AvgIpc) is 2.89. The Hall–Kier alpha value is -2.24. The molecule has 36 heavy (non-hydrogen) atoms. The van der Waals surface area contributed by atoms with Gasteiger partial charge in [-0.2, -0.15) is 4.31 Å². The molecule has 2 N–H and O–H groups in total. The second-order valence-electron chi connectivity index (χ2n) is 8.76. The van der Waals surface area contributed by atoms with E-state index in [1.54, 1.807) is 42.1 Å². The second-order valence-corrected chi connectivity index (χ2v) is 10.7. The standard InChI is InChI=1S/C25H35N3O6S.ClH/c1-3-4-17-34-22-7-5-20(6-8-22)24(25(29)27-30)28(18-19-13-15-26-16-14-19)35(31,32)23-11-9-21(33-2)10-12-23;/h9-16,20,22,24,30H,3-8,17-18H2,1-2H3,(H,27,29);1H/t20-,22-,24?;. The first-order chi connectivity index (χ1) is 16.9. The Balaban J connectivity index is 0.00000456. The first kappa shape index (κ1) is 30.0. The number of nitrogens with zero attached hydrogens (tertiary/aromatic N) is 2. The van der Waals surface area contributed by atoms with Crippen molar-refractivity contribution >= 4 is 28.3 Å². The summed E-state index contributed by atoms with van der Waals surface area (Å²) in [5.41, 5.74) is 2.40. The van der Waals surface area contributed by atoms with Gasteiger partial charge in [-0.05, 0) is 80.0 Å². The Kier molecular flexibility index (Phi) is 12.1. The summed E-state index contributed by atoms with van der Waals surface area (Å²) in [6.07, 6.45) is 7.99. The highest BCUT2D eigenvalue weighted by molar-refractivity contribution is 7.89. The molecule has 0 radical (unpaired) electrons. The third-order valence-electron chi connectivity index (χ3n) is 6.46. The van der Waals surface area contributed by atoms with Crippen LogP contribution < -0.4 is 10.2 Å². The van der Waals surface area contributed by atoms with E-state index < -0.39 is 22.0 Å². The van der Waals surface area contributed by atoms with Crippen LogP contribution >= 0.6 is 12.4 Å². The van der Waals surface area contributed by atoms with Crippen LogP contribution in [0.15, 0.2) is 53.7 Å². The molecule has 0 spiro atoms. The predicted octanol–water partition coefficient (Wildman–Crippen LogP) is 3.95. The van der Waals surface area contributed by atoms with E-state index >= 15 is 0 Å². The van der Waals surface area contributed by atoms with Gasteiger partial charge in [-0.15, -0.1) is 12.4 Å². The van der Waals surface area contributed by atoms with Crippen LogP contribution in [0.4, 0.5) is 0 Å². The minimum absolute atomic E-state index is 0. The van der Waals surface area contributed by atoms with E-state index in [4.69, 9.17) is 9.47 Å². The lowest BCUT2D eigenvalue weighted by Crippen LogP contribution is -2.53. The summed E-state index contributed by atoms with van der Waals surface area (Å²) >= 11 is 0. The molecule has 1 unspecified atom stereocenters. The maximum absolute atomic E-state index is 13.9. The van der Waals surface area contributed by atoms with Crippen LogP contribution in [0.1, 0.15) is 51.0 Å². The SMILES string of the molecule is CCCCO[C@H]1CC[C@H](C(C(=O)NO)N(Cc2ccncc2)S(=O)(=O)c2ccc(OC)cc2)CC1.Cl. The van der Waals surface area contributed by atoms with Crippen molar-refractivity contribution in [2.24, 2.45) is 5.92 Å². The fourth-order valence-electron chi connectivity index (χ4n) is 4.50. The van der Waals surface area contributed by atoms with E-state index in [1.807, 2.05) is 0 Å². The summed E-state index contributed by atoms with van der Waals surface area (Å²) in [4.78, 5) is 17.0. The molecular weight excluding hydrogens is 506 g/mol. The van der Waals surface area contributed by atoms with Crippen LogP contribution in [0.5, 0.6) is 5.75 Å². The smallest absolute Gasteiger partial charge is 0.262 e. The van der Waals surface area contributed by atoms with Gasteiger partial charge in [0.1, 0.15) is 11.8 Å². The maximum atomic E-state index is 13.9. The molecule has 0 saturated heterocycles. The van der Waals surface area contributed by atoms with E-state index in [2.05, 4.69) is 11.9 Å². The zero-order valence-electron chi connectivity index (χ0n) is 20.7. The van der Waals surface area contributed by atoms with Crippen LogP contribution in [0, 0.1) is 5.92 Å². The number of carbonyl (C=O) groups excluding carboxylic acids is 1. The number of nitrogens with one attached hydrogen (secondary N) is 1. The maximum Gasteiger partial charge on any atom is 0.262 e. The van der Waals surface area contributed by atoms with E-state index in [9.17, 15) is 18.4 Å². The van der Waals surface area contributed by atoms with Crippen molar-refractivity contribution < 1.29 is 27.9 Å². The lowest BCUT2D eigenvalue weighted by molar-refractivity contribution is -0.136. The second kappa shape index (κ2) is 14.5. The van der Waals surface area contributed by atoms with Crippen molar-refractivity contribution in [3.8, 4) is 5.75 Å². The highest BCUT2D eigenvalue weighted by atomic mass is 35.5. The van der Waals surface area contributed by atoms with Gasteiger partial charge in [0.15, 0.2) is 0 Å². The molecule has 1 amide bonds. The third-order valence-corrected chi connectivity index (χ3v) is 8.30. The summed E-state index contributed by atoms with van der Waals surface area (Å²) in [5.74, 6) is -0.495. The average molecular weight is 542 g/mol. The third kappa shape index (κ3) is 7.63. The zero-order valence-corrected chi connectivity index (χ0v) is 22.3. The summed E-state index contributed by atoms with van der Waals surface area (Å²) < 4.78 is 40.0. The molecular formula is C25H36ClN3O6S. The van der Waals surface area contributed by atoms with Crippen LogP contribution in [-0.4, -0.2) is 54.7 Å². The Labute approximate surface area is 219 Å². The summed E-state index contributed by atoms with van der Waals surface area (Å²) in [5, 5.41) is 9.58. The Morgan fingerprint density at radius 3 is 2.33 bits per heavy atom. The number of hydrogen-bond donors (Lipinski definition) is 2. The fourth-order valence-corrected chi connectivity index (χ4v) is 6.13. The quantitative estimate of drug-likeness (QED) is 0.237. The van der Waals surface area contributed by atoms with E-state index in [0.29, 0.717) is 30.8 Å². The minimum atomic E-state index is -4.10. The number of hydrogen-bond acceptors (Lipinski definition) is 7. The van der Waals surface area contributed by atoms with Crippen LogP contribution in [0.2, 0.25) is 0 Å². The molecule has 1 aromatic carbocycles. The lowest BCUT2D eigenvalue weighted by Gasteiger charge is -2.38. The number of carbonyl (C=O) groups is 1. The van der Waals surface area contributed by atoms with Gasteiger partial charge in [0.25, 0.3) is 5.91 Å². The van der Waals surface area contributed by atoms with Gasteiger partial charge in [-0.3, -0.25) is 15.0 Å². The zero-order chi connectivity index (χ0) is 25.3. The molecule has 0 bridgehead atoms. The highest BCUT2D eigenvalue weighted by Gasteiger charge is 2.42. The number of aromatic nitrogens is 1. The van der Waals surface area contributed by atoms with Crippen molar-refractivity contribution in [2.45, 2.75) is 69.0 Å². The Morgan fingerprint density at radius 2 is 1.78 bits per heavy atom. The molecule has 2 aromatic rings. The number of sulfonamides is 1. The van der Waals surface area contributed by atoms with Gasteiger partial charge in [0, 0.05) is 25.5 Å². The first-order valence-corrected chi connectivity index (χ1v) is 13.4. The molecule has 1 saturated carbocycles. The van der Waals surface area contributed by atoms with Gasteiger partial charge in [0.2, 0.25) is 10.0 Å². The van der Waals surface area contributed by atoms with Crippen molar-refractivity contribution in [3.05, 3.63) is 54.4 Å². The number of unbranched alkanes of at least 4 members (excludes halogenated alkanes) is 1. The molecule has 200 valence electrons. The lowest BCUT2D eigenvalue weighted by atomic mass is 9.82. The molecule has 1 fully saturated rings. The molecule has 1 heterocycles. The number of pyridine rings is 1. The molecule has 1 aliphatic rings. The Bertz CT molecular complexity index is 1030. The molecule has 0 aliphatic heterocycles. The number of ether oxygens (including phenoxy) is 2. The summed E-state index contributed by atoms with van der Waals surface area (Å²) in [7, 11) is -2.60. The van der Waals surface area contributed by atoms with Gasteiger partial charge >= 0.3 is 0 Å². The van der Waals surface area contributed by atoms with Crippen LogP contribution in [0.25, 0.3) is 0 Å². The van der Waals surface area contributed by atoms with E-state index in [0.717, 1.165) is 25.7 Å². The molecule has 1 aliphatic carbocycles. The topological polar surface area (TPSA) is 118 Å². The normalized spacial score (nSPS) is 18.8. The number of amides is 1. The number of benzene rings is 1. The van der Waals surface area contributed by atoms with Gasteiger partial charge in [-0.25, -0.2) is 13.9 Å². The van der Waals surface area contributed by atoms with Crippen molar-refractivity contribution in [3.63, 3.8) is 0 Å². The van der Waals surface area contributed by atoms with Crippen LogP contribution in [-0.2, 0) is 26.1 Å². The predicted molar refractivity (Wildman–Crippen MR) is 138 cm³/mol. The fraction of sp³-hybridized carbons (Fsp3) is 0.520. The Morgan fingerprint density at radius 1 is 1.14 bits per heavy atom. The molecule has 9 nitrogen and oxygen atoms in total. The number of methoxy groups -OCH3 is 1. The number of halogens is 1. The first-order valence-electron chi connectivity index (χ1n) is 12.0. The van der Waals surface area contributed by atoms with Crippen LogP contribution in [0.3, 0.4) is 0 Å². The highest BCUT2D eigenvalue weighted by Crippen LogP contribution is 2.34. The monoisotopic (exact) mass is 541 g/mol. The van der Waals surface area contributed by atoms with Crippen molar-refractivity contribution in [1.29, 1.82) is 0 Å². The van der Waals surface area contributed by atoms with E-state index in [-0.39, 0.29) is 35.9 Å². The number of rotatable bonds is 12. The van der Waals surface area contributed by atoms with Gasteiger partial charge < -0.3 is 9.47 Å². The molecule has 1 aromatic heterocycles. The minimum Gasteiger partial charge on any atom is -0.497 e. The summed E-state index contributed by atoms with van der Waals surface area (Å²) in [6, 6.07) is 8.39. The summed E-state index contributed by atoms with van der Waals surface area (Å²) in [6.45, 7) is 2.77. The molecule has 3 rings (SSSR count). The van der Waals surface area contributed by atoms with Gasteiger partial charge in [0.05, 0.1) is 18.1 Å². The largest absolute Gasteiger partial charge is 0.497 e. The van der Waals surface area contributed by atoms with Crippen molar-refractivity contribution in [1.82, 2.24) is 14.8 Å². The van der Waals surface area contributed by atoms with Crippen molar-refractivity contribution in [2.75, 3.05) is 13.7 Å².